The lowest BCUT2D eigenvalue weighted by Crippen LogP contribution is -2.38. The van der Waals surface area contributed by atoms with E-state index in [0.717, 1.165) is 28.6 Å². The van der Waals surface area contributed by atoms with Crippen molar-refractivity contribution in [2.45, 2.75) is 13.1 Å². The highest BCUT2D eigenvalue weighted by atomic mass is 16.5. The summed E-state index contributed by atoms with van der Waals surface area (Å²) in [6.45, 7) is 1.25. The Hall–Kier alpha value is -3.09. The second-order valence-electron chi connectivity index (χ2n) is 6.12. The molecule has 0 heterocycles. The van der Waals surface area contributed by atoms with Gasteiger partial charge in [0.05, 0.1) is 28.4 Å². The number of nitrogens with one attached hydrogen (secondary N) is 1. The number of rotatable bonds is 8. The minimum Gasteiger partial charge on any atom is -0.497 e. The summed E-state index contributed by atoms with van der Waals surface area (Å²) in [6.07, 6.45) is 0. The summed E-state index contributed by atoms with van der Waals surface area (Å²) in [5, 5.41) is 3.37. The van der Waals surface area contributed by atoms with Crippen LogP contribution in [0.15, 0.2) is 41.4 Å². The van der Waals surface area contributed by atoms with Gasteiger partial charge in [-0.05, 0) is 23.8 Å². The highest BCUT2D eigenvalue weighted by Gasteiger charge is 2.13. The third kappa shape index (κ3) is 5.22. The normalized spacial score (nSPS) is 11.0. The van der Waals surface area contributed by atoms with Crippen LogP contribution in [0.3, 0.4) is 0 Å². The highest BCUT2D eigenvalue weighted by Crippen LogP contribution is 2.34. The van der Waals surface area contributed by atoms with E-state index in [1.165, 1.54) is 0 Å². The quantitative estimate of drug-likeness (QED) is 0.555. The second-order valence-corrected chi connectivity index (χ2v) is 6.12. The van der Waals surface area contributed by atoms with E-state index in [1.807, 2.05) is 43.4 Å². The molecule has 0 saturated carbocycles. The Labute approximate surface area is 166 Å². The summed E-state index contributed by atoms with van der Waals surface area (Å²) in [5.41, 5.74) is 2.11. The summed E-state index contributed by atoms with van der Waals surface area (Å²) in [4.78, 5) is 6.43. The second kappa shape index (κ2) is 10.3. The van der Waals surface area contributed by atoms with Crippen molar-refractivity contribution in [1.29, 1.82) is 0 Å². The van der Waals surface area contributed by atoms with Gasteiger partial charge in [-0.15, -0.1) is 0 Å². The van der Waals surface area contributed by atoms with Crippen LogP contribution in [0.4, 0.5) is 0 Å². The topological polar surface area (TPSA) is 64.6 Å². The van der Waals surface area contributed by atoms with E-state index < -0.39 is 0 Å². The zero-order valence-electron chi connectivity index (χ0n) is 17.4. The summed E-state index contributed by atoms with van der Waals surface area (Å²) in [5.74, 6) is 3.62. The number of hydrogen-bond donors (Lipinski definition) is 1. The van der Waals surface area contributed by atoms with Crippen molar-refractivity contribution < 1.29 is 18.9 Å². The smallest absolute Gasteiger partial charge is 0.193 e. The summed E-state index contributed by atoms with van der Waals surface area (Å²) >= 11 is 0. The summed E-state index contributed by atoms with van der Waals surface area (Å²) in [6, 6.07) is 11.7. The zero-order chi connectivity index (χ0) is 20.5. The molecule has 152 valence electrons. The number of methoxy groups -OCH3 is 4. The SMILES string of the molecule is CN=C(NCc1cc(OC)c(OC)cc1OC)N(C)Cc1ccc(OC)cc1. The van der Waals surface area contributed by atoms with Gasteiger partial charge in [-0.25, -0.2) is 0 Å². The standard InChI is InChI=1S/C21H29N3O4/c1-22-21(24(2)14-15-7-9-17(25-3)10-8-15)23-13-16-11-19(27-5)20(28-6)12-18(16)26-4/h7-12H,13-14H2,1-6H3,(H,22,23). The highest BCUT2D eigenvalue weighted by molar-refractivity contribution is 5.79. The van der Waals surface area contributed by atoms with Gasteiger partial charge in [-0.3, -0.25) is 4.99 Å². The molecule has 2 aromatic rings. The van der Waals surface area contributed by atoms with Crippen LogP contribution < -0.4 is 24.3 Å². The summed E-state index contributed by atoms with van der Waals surface area (Å²) < 4.78 is 21.4. The van der Waals surface area contributed by atoms with E-state index in [0.29, 0.717) is 24.6 Å². The van der Waals surface area contributed by atoms with Gasteiger partial charge in [0.25, 0.3) is 0 Å². The molecule has 0 radical (unpaired) electrons. The van der Waals surface area contributed by atoms with E-state index >= 15 is 0 Å². The number of nitrogens with zero attached hydrogens (tertiary/aromatic N) is 2. The number of ether oxygens (including phenoxy) is 4. The van der Waals surface area contributed by atoms with Crippen molar-refractivity contribution in [3.05, 3.63) is 47.5 Å². The molecule has 0 saturated heterocycles. The number of hydrogen-bond acceptors (Lipinski definition) is 5. The van der Waals surface area contributed by atoms with Crippen molar-refractivity contribution in [3.8, 4) is 23.0 Å². The number of guanidine groups is 1. The largest absolute Gasteiger partial charge is 0.497 e. The molecule has 1 N–H and O–H groups in total. The molecule has 0 aliphatic rings. The molecule has 0 atom stereocenters. The Morgan fingerprint density at radius 3 is 2.04 bits per heavy atom. The van der Waals surface area contributed by atoms with Gasteiger partial charge in [0.2, 0.25) is 0 Å². The fourth-order valence-corrected chi connectivity index (χ4v) is 2.87. The third-order valence-electron chi connectivity index (χ3n) is 4.38. The molecule has 0 fully saturated rings. The Morgan fingerprint density at radius 1 is 0.893 bits per heavy atom. The van der Waals surface area contributed by atoms with Crippen LogP contribution in [0, 0.1) is 0 Å². The van der Waals surface area contributed by atoms with Crippen LogP contribution in [0.5, 0.6) is 23.0 Å². The molecule has 7 nitrogen and oxygen atoms in total. The molecule has 0 unspecified atom stereocenters. The maximum atomic E-state index is 5.49. The van der Waals surface area contributed by atoms with Crippen molar-refractivity contribution in [3.63, 3.8) is 0 Å². The fourth-order valence-electron chi connectivity index (χ4n) is 2.87. The molecule has 0 spiro atoms. The Bertz CT molecular complexity index is 791. The Balaban J connectivity index is 2.08. The van der Waals surface area contributed by atoms with Gasteiger partial charge in [0, 0.05) is 38.8 Å². The van der Waals surface area contributed by atoms with Gasteiger partial charge >= 0.3 is 0 Å². The van der Waals surface area contributed by atoms with E-state index in [-0.39, 0.29) is 0 Å². The molecule has 0 bridgehead atoms. The average Bonchev–Trinajstić information content (AvgIpc) is 2.74. The predicted octanol–water partition coefficient (Wildman–Crippen LogP) is 2.93. The number of benzene rings is 2. The fraction of sp³-hybridized carbons (Fsp3) is 0.381. The monoisotopic (exact) mass is 387 g/mol. The van der Waals surface area contributed by atoms with Crippen LogP contribution in [0.1, 0.15) is 11.1 Å². The van der Waals surface area contributed by atoms with Crippen LogP contribution in [-0.2, 0) is 13.1 Å². The Kier molecular flexibility index (Phi) is 7.80. The lowest BCUT2D eigenvalue weighted by atomic mass is 10.1. The average molecular weight is 387 g/mol. The first-order valence-electron chi connectivity index (χ1n) is 8.89. The van der Waals surface area contributed by atoms with Crippen LogP contribution >= 0.6 is 0 Å². The van der Waals surface area contributed by atoms with Crippen molar-refractivity contribution in [1.82, 2.24) is 10.2 Å². The first kappa shape index (κ1) is 21.2. The van der Waals surface area contributed by atoms with Gasteiger partial charge in [0.15, 0.2) is 17.5 Å². The lowest BCUT2D eigenvalue weighted by Gasteiger charge is -2.23. The zero-order valence-corrected chi connectivity index (χ0v) is 17.4. The summed E-state index contributed by atoms with van der Waals surface area (Å²) in [7, 11) is 10.3. The minimum atomic E-state index is 0.531. The predicted molar refractivity (Wildman–Crippen MR) is 111 cm³/mol. The third-order valence-corrected chi connectivity index (χ3v) is 4.38. The molecule has 7 heteroatoms. The van der Waals surface area contributed by atoms with Crippen molar-refractivity contribution in [2.75, 3.05) is 42.5 Å². The van der Waals surface area contributed by atoms with E-state index in [4.69, 9.17) is 18.9 Å². The first-order chi connectivity index (χ1) is 13.6. The van der Waals surface area contributed by atoms with E-state index in [1.54, 1.807) is 35.5 Å². The van der Waals surface area contributed by atoms with Crippen molar-refractivity contribution in [2.24, 2.45) is 4.99 Å². The molecular weight excluding hydrogens is 358 g/mol. The van der Waals surface area contributed by atoms with Crippen LogP contribution in [0.25, 0.3) is 0 Å². The van der Waals surface area contributed by atoms with Crippen LogP contribution in [-0.4, -0.2) is 53.4 Å². The van der Waals surface area contributed by atoms with Gasteiger partial charge in [-0.2, -0.15) is 0 Å². The first-order valence-corrected chi connectivity index (χ1v) is 8.89. The molecule has 2 aromatic carbocycles. The maximum Gasteiger partial charge on any atom is 0.193 e. The Morgan fingerprint density at radius 2 is 1.50 bits per heavy atom. The van der Waals surface area contributed by atoms with Gasteiger partial charge < -0.3 is 29.2 Å². The van der Waals surface area contributed by atoms with Gasteiger partial charge in [-0.1, -0.05) is 12.1 Å². The molecule has 0 amide bonds. The van der Waals surface area contributed by atoms with E-state index in [2.05, 4.69) is 15.2 Å². The number of aliphatic imine (C=N–C) groups is 1. The molecule has 28 heavy (non-hydrogen) atoms. The maximum absolute atomic E-state index is 5.49. The molecule has 0 aliphatic heterocycles. The molecular formula is C21H29N3O4. The minimum absolute atomic E-state index is 0.531. The lowest BCUT2D eigenvalue weighted by molar-refractivity contribution is 0.347. The molecule has 0 aromatic heterocycles. The molecule has 2 rings (SSSR count). The van der Waals surface area contributed by atoms with E-state index in [9.17, 15) is 0 Å². The van der Waals surface area contributed by atoms with Crippen molar-refractivity contribution >= 4 is 5.96 Å². The molecule has 0 aliphatic carbocycles. The van der Waals surface area contributed by atoms with Gasteiger partial charge in [0.1, 0.15) is 11.5 Å². The van der Waals surface area contributed by atoms with Crippen LogP contribution in [0.2, 0.25) is 0 Å².